The molecule has 1 saturated carbocycles. The number of aliphatic hydroxyl groups is 1. The first-order chi connectivity index (χ1) is 14.6. The summed E-state index contributed by atoms with van der Waals surface area (Å²) in [6.45, 7) is 8.25. The maximum atomic E-state index is 12.1. The SMILES string of the molecule is CC(C)(C)NC(=O)OC1CCN(CC(c2ccc(Cl)c(Cl)c2)C2(O)CCCCC2)CC1. The van der Waals surface area contributed by atoms with Gasteiger partial charge in [-0.1, -0.05) is 48.5 Å². The number of nitrogens with zero attached hydrogens (tertiary/aromatic N) is 1. The predicted octanol–water partition coefficient (Wildman–Crippen LogP) is 5.76. The highest BCUT2D eigenvalue weighted by molar-refractivity contribution is 6.42. The summed E-state index contributed by atoms with van der Waals surface area (Å²) in [5.74, 6) is -0.0239. The van der Waals surface area contributed by atoms with E-state index in [1.54, 1.807) is 0 Å². The van der Waals surface area contributed by atoms with Gasteiger partial charge in [0.1, 0.15) is 6.10 Å². The number of amides is 1. The molecule has 1 aromatic rings. The van der Waals surface area contributed by atoms with Crippen LogP contribution in [0.15, 0.2) is 18.2 Å². The molecule has 5 nitrogen and oxygen atoms in total. The van der Waals surface area contributed by atoms with E-state index >= 15 is 0 Å². The van der Waals surface area contributed by atoms with Crippen molar-refractivity contribution in [1.29, 1.82) is 0 Å². The molecule has 0 radical (unpaired) electrons. The third-order valence-electron chi connectivity index (χ3n) is 6.44. The molecule has 1 unspecified atom stereocenters. The zero-order chi connectivity index (χ0) is 22.6. The summed E-state index contributed by atoms with van der Waals surface area (Å²) in [6, 6.07) is 5.73. The minimum absolute atomic E-state index is 0.0239. The maximum absolute atomic E-state index is 12.1. The maximum Gasteiger partial charge on any atom is 0.407 e. The molecule has 1 saturated heterocycles. The van der Waals surface area contributed by atoms with E-state index in [0.717, 1.165) is 63.7 Å². The van der Waals surface area contributed by atoms with Crippen LogP contribution in [0.3, 0.4) is 0 Å². The van der Waals surface area contributed by atoms with Crippen LogP contribution in [-0.4, -0.2) is 53.0 Å². The first kappa shape index (κ1) is 24.6. The highest BCUT2D eigenvalue weighted by Crippen LogP contribution is 2.42. The molecule has 31 heavy (non-hydrogen) atoms. The third kappa shape index (κ3) is 6.98. The highest BCUT2D eigenvalue weighted by atomic mass is 35.5. The number of alkyl carbamates (subject to hydrolysis) is 1. The van der Waals surface area contributed by atoms with E-state index in [4.69, 9.17) is 27.9 Å². The van der Waals surface area contributed by atoms with Gasteiger partial charge in [0.2, 0.25) is 0 Å². The van der Waals surface area contributed by atoms with Gasteiger partial charge < -0.3 is 20.1 Å². The molecule has 1 atom stereocenters. The van der Waals surface area contributed by atoms with Crippen LogP contribution in [0.1, 0.15) is 77.2 Å². The molecule has 3 rings (SSSR count). The number of hydrogen-bond acceptors (Lipinski definition) is 4. The number of ether oxygens (including phenoxy) is 1. The molecule has 174 valence electrons. The number of carbonyl (C=O) groups is 1. The third-order valence-corrected chi connectivity index (χ3v) is 7.18. The summed E-state index contributed by atoms with van der Waals surface area (Å²) in [6.07, 6.45) is 6.06. The van der Waals surface area contributed by atoms with Crippen molar-refractivity contribution in [2.24, 2.45) is 0 Å². The van der Waals surface area contributed by atoms with Gasteiger partial charge in [-0.15, -0.1) is 0 Å². The van der Waals surface area contributed by atoms with Gasteiger partial charge in [0.05, 0.1) is 15.6 Å². The van der Waals surface area contributed by atoms with Gasteiger partial charge in [0.15, 0.2) is 0 Å². The van der Waals surface area contributed by atoms with Crippen LogP contribution < -0.4 is 5.32 Å². The topological polar surface area (TPSA) is 61.8 Å². The summed E-state index contributed by atoms with van der Waals surface area (Å²) in [5.41, 5.74) is 0.0112. The molecule has 0 bridgehead atoms. The van der Waals surface area contributed by atoms with Crippen molar-refractivity contribution in [2.45, 2.75) is 88.9 Å². The molecule has 1 amide bonds. The number of likely N-dealkylation sites (tertiary alicyclic amines) is 1. The number of halogens is 2. The summed E-state index contributed by atoms with van der Waals surface area (Å²) >= 11 is 12.5. The Morgan fingerprint density at radius 3 is 2.42 bits per heavy atom. The monoisotopic (exact) mass is 470 g/mol. The fraction of sp³-hybridized carbons (Fsp3) is 0.708. The van der Waals surface area contributed by atoms with Crippen molar-refractivity contribution >= 4 is 29.3 Å². The second-order valence-electron chi connectivity index (χ2n) is 10.2. The quantitative estimate of drug-likeness (QED) is 0.573. The summed E-state index contributed by atoms with van der Waals surface area (Å²) in [5, 5.41) is 15.5. The van der Waals surface area contributed by atoms with Gasteiger partial charge in [0.25, 0.3) is 0 Å². The molecule has 2 fully saturated rings. The molecular formula is C24H36Cl2N2O3. The number of benzene rings is 1. The molecule has 2 aliphatic rings. The van der Waals surface area contributed by atoms with Gasteiger partial charge in [-0.3, -0.25) is 0 Å². The Labute approximate surface area is 196 Å². The molecular weight excluding hydrogens is 435 g/mol. The average molecular weight is 471 g/mol. The lowest BCUT2D eigenvalue weighted by atomic mass is 9.72. The summed E-state index contributed by atoms with van der Waals surface area (Å²) in [4.78, 5) is 14.5. The average Bonchev–Trinajstić information content (AvgIpc) is 2.68. The number of nitrogens with one attached hydrogen (secondary N) is 1. The van der Waals surface area contributed by atoms with Crippen molar-refractivity contribution in [1.82, 2.24) is 10.2 Å². The van der Waals surface area contributed by atoms with Crippen molar-refractivity contribution in [3.63, 3.8) is 0 Å². The summed E-state index contributed by atoms with van der Waals surface area (Å²) in [7, 11) is 0. The smallest absolute Gasteiger partial charge is 0.407 e. The Bertz CT molecular complexity index is 752. The van der Waals surface area contributed by atoms with Crippen LogP contribution >= 0.6 is 23.2 Å². The summed E-state index contributed by atoms with van der Waals surface area (Å²) < 4.78 is 5.61. The van der Waals surface area contributed by atoms with E-state index < -0.39 is 5.60 Å². The van der Waals surface area contributed by atoms with E-state index in [1.165, 1.54) is 6.42 Å². The zero-order valence-corrected chi connectivity index (χ0v) is 20.4. The lowest BCUT2D eigenvalue weighted by Gasteiger charge is -2.43. The predicted molar refractivity (Wildman–Crippen MR) is 126 cm³/mol. The molecule has 0 aromatic heterocycles. The zero-order valence-electron chi connectivity index (χ0n) is 18.9. The van der Waals surface area contributed by atoms with Crippen LogP contribution in [0.25, 0.3) is 0 Å². The normalized spacial score (nSPS) is 21.5. The van der Waals surface area contributed by atoms with Crippen molar-refractivity contribution in [2.75, 3.05) is 19.6 Å². The van der Waals surface area contributed by atoms with Gasteiger partial charge in [-0.2, -0.15) is 0 Å². The Kier molecular flexibility index (Phi) is 8.17. The van der Waals surface area contributed by atoms with E-state index in [0.29, 0.717) is 10.0 Å². The van der Waals surface area contributed by atoms with E-state index in [2.05, 4.69) is 10.2 Å². The van der Waals surface area contributed by atoms with Gasteiger partial charge >= 0.3 is 6.09 Å². The number of carbonyl (C=O) groups excluding carboxylic acids is 1. The number of rotatable bonds is 5. The lowest BCUT2D eigenvalue weighted by molar-refractivity contribution is -0.0359. The minimum Gasteiger partial charge on any atom is -0.446 e. The Hall–Kier alpha value is -1.01. The van der Waals surface area contributed by atoms with Gasteiger partial charge in [-0.25, -0.2) is 4.79 Å². The Morgan fingerprint density at radius 1 is 1.19 bits per heavy atom. The van der Waals surface area contributed by atoms with Crippen LogP contribution in [0.2, 0.25) is 10.0 Å². The minimum atomic E-state index is -0.727. The fourth-order valence-corrected chi connectivity index (χ4v) is 5.09. The second-order valence-corrected chi connectivity index (χ2v) is 11.0. The molecule has 1 aliphatic heterocycles. The molecule has 1 aliphatic carbocycles. The fourth-order valence-electron chi connectivity index (χ4n) is 4.78. The van der Waals surface area contributed by atoms with Crippen molar-refractivity contribution < 1.29 is 14.6 Å². The second kappa shape index (κ2) is 10.3. The van der Waals surface area contributed by atoms with E-state index in [1.807, 2.05) is 39.0 Å². The number of piperidine rings is 1. The van der Waals surface area contributed by atoms with Crippen LogP contribution in [0.5, 0.6) is 0 Å². The van der Waals surface area contributed by atoms with Crippen LogP contribution in [-0.2, 0) is 4.74 Å². The largest absolute Gasteiger partial charge is 0.446 e. The molecule has 2 N–H and O–H groups in total. The molecule has 1 aromatic carbocycles. The van der Waals surface area contributed by atoms with Gasteiger partial charge in [0, 0.05) is 31.1 Å². The Morgan fingerprint density at radius 2 is 1.84 bits per heavy atom. The van der Waals surface area contributed by atoms with Crippen LogP contribution in [0.4, 0.5) is 4.79 Å². The first-order valence-electron chi connectivity index (χ1n) is 11.4. The van der Waals surface area contributed by atoms with E-state index in [-0.39, 0.29) is 23.7 Å². The molecule has 0 spiro atoms. The standard InChI is InChI=1S/C24H36Cl2N2O3/c1-23(2,3)27-22(29)31-18-9-13-28(14-10-18)16-19(24(30)11-5-4-6-12-24)17-7-8-20(25)21(26)15-17/h7-8,15,18-19,30H,4-6,9-14,16H2,1-3H3,(H,27,29). The van der Waals surface area contributed by atoms with Crippen molar-refractivity contribution in [3.8, 4) is 0 Å². The van der Waals surface area contributed by atoms with Crippen molar-refractivity contribution in [3.05, 3.63) is 33.8 Å². The van der Waals surface area contributed by atoms with Gasteiger partial charge in [-0.05, 0) is 64.2 Å². The number of hydrogen-bond donors (Lipinski definition) is 2. The first-order valence-corrected chi connectivity index (χ1v) is 12.2. The molecule has 7 heteroatoms. The highest BCUT2D eigenvalue weighted by Gasteiger charge is 2.40. The lowest BCUT2D eigenvalue weighted by Crippen LogP contribution is -2.48. The Balaban J connectivity index is 1.64. The van der Waals surface area contributed by atoms with E-state index in [9.17, 15) is 9.90 Å². The van der Waals surface area contributed by atoms with Crippen LogP contribution in [0, 0.1) is 0 Å². The molecule has 1 heterocycles.